The first-order valence-electron chi connectivity index (χ1n) is 5.08. The van der Waals surface area contributed by atoms with E-state index in [4.69, 9.17) is 5.84 Å². The van der Waals surface area contributed by atoms with Crippen LogP contribution in [-0.2, 0) is 0 Å². The summed E-state index contributed by atoms with van der Waals surface area (Å²) in [6, 6.07) is 10.8. The van der Waals surface area contributed by atoms with Gasteiger partial charge in [-0.1, -0.05) is 18.2 Å². The predicted octanol–water partition coefficient (Wildman–Crippen LogP) is 1.62. The molecule has 0 fully saturated rings. The number of benzene rings is 1. The van der Waals surface area contributed by atoms with Gasteiger partial charge >= 0.3 is 0 Å². The molecule has 0 radical (unpaired) electrons. The van der Waals surface area contributed by atoms with Gasteiger partial charge in [-0.3, -0.25) is 15.6 Å². The van der Waals surface area contributed by atoms with Gasteiger partial charge in [0, 0.05) is 11.9 Å². The van der Waals surface area contributed by atoms with Crippen molar-refractivity contribution >= 4 is 17.3 Å². The summed E-state index contributed by atoms with van der Waals surface area (Å²) in [6.45, 7) is 0. The molecule has 1 aromatic heterocycles. The SMILES string of the molecule is NNc1cnccc1C(=O)Nc1ccccc1. The van der Waals surface area contributed by atoms with Crippen LogP contribution in [0.5, 0.6) is 0 Å². The van der Waals surface area contributed by atoms with Crippen LogP contribution in [0.15, 0.2) is 48.8 Å². The number of hydrogen-bond acceptors (Lipinski definition) is 4. The number of hydrazine groups is 1. The van der Waals surface area contributed by atoms with Crippen LogP contribution in [0.25, 0.3) is 0 Å². The van der Waals surface area contributed by atoms with E-state index >= 15 is 0 Å². The molecular weight excluding hydrogens is 216 g/mol. The van der Waals surface area contributed by atoms with E-state index in [1.165, 1.54) is 6.20 Å². The second-order valence-electron chi connectivity index (χ2n) is 3.39. The van der Waals surface area contributed by atoms with Gasteiger partial charge in [0.1, 0.15) is 0 Å². The number of amides is 1. The third-order valence-electron chi connectivity index (χ3n) is 2.25. The van der Waals surface area contributed by atoms with Crippen LogP contribution < -0.4 is 16.6 Å². The predicted molar refractivity (Wildman–Crippen MR) is 66.4 cm³/mol. The van der Waals surface area contributed by atoms with E-state index < -0.39 is 0 Å². The molecule has 2 aromatic rings. The van der Waals surface area contributed by atoms with Crippen LogP contribution in [0.3, 0.4) is 0 Å². The second kappa shape index (κ2) is 5.09. The molecule has 0 saturated carbocycles. The number of para-hydroxylation sites is 1. The minimum atomic E-state index is -0.230. The first-order chi connectivity index (χ1) is 8.31. The lowest BCUT2D eigenvalue weighted by Crippen LogP contribution is -2.17. The van der Waals surface area contributed by atoms with Crippen molar-refractivity contribution in [3.8, 4) is 0 Å². The summed E-state index contributed by atoms with van der Waals surface area (Å²) in [5, 5.41) is 2.77. The Kier molecular flexibility index (Phi) is 3.32. The smallest absolute Gasteiger partial charge is 0.257 e. The van der Waals surface area contributed by atoms with E-state index in [0.29, 0.717) is 11.3 Å². The van der Waals surface area contributed by atoms with Crippen LogP contribution in [-0.4, -0.2) is 10.9 Å². The molecule has 1 amide bonds. The molecule has 86 valence electrons. The van der Waals surface area contributed by atoms with Crippen molar-refractivity contribution < 1.29 is 4.79 Å². The molecule has 0 spiro atoms. The molecule has 0 aliphatic carbocycles. The average molecular weight is 228 g/mol. The van der Waals surface area contributed by atoms with E-state index in [1.54, 1.807) is 12.3 Å². The molecule has 0 unspecified atom stereocenters. The van der Waals surface area contributed by atoms with E-state index in [9.17, 15) is 4.79 Å². The molecule has 0 aliphatic heterocycles. The van der Waals surface area contributed by atoms with Gasteiger partial charge < -0.3 is 10.7 Å². The summed E-state index contributed by atoms with van der Waals surface area (Å²) in [4.78, 5) is 15.8. The number of nitrogens with one attached hydrogen (secondary N) is 2. The van der Waals surface area contributed by atoms with Gasteiger partial charge in [-0.15, -0.1) is 0 Å². The molecule has 1 aromatic carbocycles. The molecule has 5 heteroatoms. The Labute approximate surface area is 98.6 Å². The maximum atomic E-state index is 12.0. The summed E-state index contributed by atoms with van der Waals surface area (Å²) in [6.07, 6.45) is 3.04. The zero-order valence-corrected chi connectivity index (χ0v) is 9.05. The molecule has 5 nitrogen and oxygen atoms in total. The molecule has 0 atom stereocenters. The maximum absolute atomic E-state index is 12.0. The number of pyridine rings is 1. The molecule has 0 aliphatic rings. The van der Waals surface area contributed by atoms with Crippen molar-refractivity contribution in [2.45, 2.75) is 0 Å². The van der Waals surface area contributed by atoms with Crippen molar-refractivity contribution in [2.75, 3.05) is 10.7 Å². The quantitative estimate of drug-likeness (QED) is 0.551. The van der Waals surface area contributed by atoms with Crippen LogP contribution in [0.2, 0.25) is 0 Å². The maximum Gasteiger partial charge on any atom is 0.257 e. The lowest BCUT2D eigenvalue weighted by Gasteiger charge is -2.08. The van der Waals surface area contributed by atoms with Crippen molar-refractivity contribution in [3.63, 3.8) is 0 Å². The van der Waals surface area contributed by atoms with Crippen molar-refractivity contribution in [3.05, 3.63) is 54.4 Å². The number of aromatic nitrogens is 1. The fraction of sp³-hybridized carbons (Fsp3) is 0. The van der Waals surface area contributed by atoms with Gasteiger partial charge in [-0.25, -0.2) is 0 Å². The largest absolute Gasteiger partial charge is 0.322 e. The number of anilines is 2. The number of carbonyl (C=O) groups excluding carboxylic acids is 1. The summed E-state index contributed by atoms with van der Waals surface area (Å²) in [5.41, 5.74) is 4.11. The lowest BCUT2D eigenvalue weighted by molar-refractivity contribution is 0.102. The Bertz CT molecular complexity index is 513. The number of nitrogens with two attached hydrogens (primary N) is 1. The van der Waals surface area contributed by atoms with Crippen molar-refractivity contribution in [1.82, 2.24) is 4.98 Å². The van der Waals surface area contributed by atoms with Crippen LogP contribution in [0.1, 0.15) is 10.4 Å². The van der Waals surface area contributed by atoms with E-state index in [1.807, 2.05) is 30.3 Å². The first-order valence-corrected chi connectivity index (χ1v) is 5.08. The van der Waals surface area contributed by atoms with Crippen molar-refractivity contribution in [2.24, 2.45) is 5.84 Å². The highest BCUT2D eigenvalue weighted by molar-refractivity contribution is 6.07. The Hall–Kier alpha value is -2.40. The van der Waals surface area contributed by atoms with E-state index in [0.717, 1.165) is 5.69 Å². The van der Waals surface area contributed by atoms with Gasteiger partial charge in [0.05, 0.1) is 17.4 Å². The van der Waals surface area contributed by atoms with Gasteiger partial charge in [0.15, 0.2) is 0 Å². The number of nitrogen functional groups attached to an aromatic ring is 1. The Balaban J connectivity index is 2.20. The standard InChI is InChI=1S/C12H12N4O/c13-16-11-8-14-7-6-10(11)12(17)15-9-4-2-1-3-5-9/h1-8,16H,13H2,(H,15,17). The third kappa shape index (κ3) is 2.59. The normalized spacial score (nSPS) is 9.71. The highest BCUT2D eigenvalue weighted by Crippen LogP contribution is 2.14. The summed E-state index contributed by atoms with van der Waals surface area (Å²) < 4.78 is 0. The Morgan fingerprint density at radius 3 is 2.65 bits per heavy atom. The monoisotopic (exact) mass is 228 g/mol. The molecule has 1 heterocycles. The third-order valence-corrected chi connectivity index (χ3v) is 2.25. The fourth-order valence-corrected chi connectivity index (χ4v) is 1.43. The zero-order valence-electron chi connectivity index (χ0n) is 9.05. The van der Waals surface area contributed by atoms with Crippen LogP contribution in [0, 0.1) is 0 Å². The van der Waals surface area contributed by atoms with E-state index in [2.05, 4.69) is 15.7 Å². The molecule has 0 saturated heterocycles. The van der Waals surface area contributed by atoms with Gasteiger partial charge in [0.2, 0.25) is 0 Å². The highest BCUT2D eigenvalue weighted by Gasteiger charge is 2.10. The minimum Gasteiger partial charge on any atom is -0.322 e. The van der Waals surface area contributed by atoms with Crippen molar-refractivity contribution in [1.29, 1.82) is 0 Å². The number of rotatable bonds is 3. The van der Waals surface area contributed by atoms with Gasteiger partial charge in [-0.05, 0) is 18.2 Å². The Morgan fingerprint density at radius 1 is 1.18 bits per heavy atom. The van der Waals surface area contributed by atoms with Gasteiger partial charge in [0.25, 0.3) is 5.91 Å². The highest BCUT2D eigenvalue weighted by atomic mass is 16.1. The summed E-state index contributed by atoms with van der Waals surface area (Å²) >= 11 is 0. The number of carbonyl (C=O) groups is 1. The molecular formula is C12H12N4O. The lowest BCUT2D eigenvalue weighted by atomic mass is 10.2. The Morgan fingerprint density at radius 2 is 1.94 bits per heavy atom. The minimum absolute atomic E-state index is 0.230. The fourth-order valence-electron chi connectivity index (χ4n) is 1.43. The topological polar surface area (TPSA) is 80.0 Å². The molecule has 4 N–H and O–H groups in total. The van der Waals surface area contributed by atoms with Crippen LogP contribution >= 0.6 is 0 Å². The average Bonchev–Trinajstić information content (AvgIpc) is 2.40. The summed E-state index contributed by atoms with van der Waals surface area (Å²) in [5.74, 6) is 5.08. The van der Waals surface area contributed by atoms with E-state index in [-0.39, 0.29) is 5.91 Å². The molecule has 0 bridgehead atoms. The molecule has 17 heavy (non-hydrogen) atoms. The van der Waals surface area contributed by atoms with Gasteiger partial charge in [-0.2, -0.15) is 0 Å². The van der Waals surface area contributed by atoms with Crippen LogP contribution in [0.4, 0.5) is 11.4 Å². The molecule has 2 rings (SSSR count). The summed E-state index contributed by atoms with van der Waals surface area (Å²) in [7, 11) is 0. The number of hydrogen-bond donors (Lipinski definition) is 3. The zero-order chi connectivity index (χ0) is 12.1. The number of nitrogens with zero attached hydrogens (tertiary/aromatic N) is 1. The first kappa shape index (κ1) is 11.1. The second-order valence-corrected chi connectivity index (χ2v) is 3.39.